The molecule has 0 aliphatic carbocycles. The van der Waals surface area contributed by atoms with E-state index in [0.29, 0.717) is 10.0 Å². The van der Waals surface area contributed by atoms with Crippen LogP contribution in [0.3, 0.4) is 0 Å². The van der Waals surface area contributed by atoms with Crippen LogP contribution in [0.1, 0.15) is 0 Å². The minimum absolute atomic E-state index is 0.678. The summed E-state index contributed by atoms with van der Waals surface area (Å²) in [5, 5.41) is 1.36. The van der Waals surface area contributed by atoms with Gasteiger partial charge >= 0.3 is 0 Å². The highest BCUT2D eigenvalue weighted by Gasteiger charge is 2.00. The van der Waals surface area contributed by atoms with Crippen LogP contribution in [0.2, 0.25) is 10.0 Å². The molecule has 4 aromatic rings. The molecule has 0 radical (unpaired) electrons. The summed E-state index contributed by atoms with van der Waals surface area (Å²) in [6.45, 7) is 0. The fourth-order valence-electron chi connectivity index (χ4n) is 2.60. The normalized spacial score (nSPS) is 9.92. The van der Waals surface area contributed by atoms with Crippen LogP contribution >= 0.6 is 23.2 Å². The van der Waals surface area contributed by atoms with Crippen LogP contribution in [-0.4, -0.2) is 0 Å². The summed E-state index contributed by atoms with van der Waals surface area (Å²) < 4.78 is 0. The van der Waals surface area contributed by atoms with E-state index >= 15 is 0 Å². The van der Waals surface area contributed by atoms with E-state index < -0.39 is 0 Å². The maximum absolute atomic E-state index is 5.56. The van der Waals surface area contributed by atoms with Gasteiger partial charge < -0.3 is 0 Å². The first-order valence-electron chi connectivity index (χ1n) is 8.34. The van der Waals surface area contributed by atoms with Gasteiger partial charge in [0.25, 0.3) is 0 Å². The average Bonchev–Trinajstić information content (AvgIpc) is 2.70. The number of benzene rings is 4. The van der Waals surface area contributed by atoms with Gasteiger partial charge in [0.05, 0.1) is 0 Å². The van der Waals surface area contributed by atoms with E-state index in [-0.39, 0.29) is 0 Å². The Labute approximate surface area is 164 Å². The smallest absolute Gasteiger partial charge is 0.0420 e. The van der Waals surface area contributed by atoms with E-state index in [1.54, 1.807) is 18.2 Å². The van der Waals surface area contributed by atoms with Gasteiger partial charge in [0, 0.05) is 10.0 Å². The topological polar surface area (TPSA) is 0 Å². The summed E-state index contributed by atoms with van der Waals surface area (Å²) in [5.74, 6) is 0. The summed E-state index contributed by atoms with van der Waals surface area (Å²) in [7, 11) is 0. The van der Waals surface area contributed by atoms with Crippen molar-refractivity contribution >= 4 is 23.2 Å². The number of rotatable bonds is 2. The number of hydrogen-bond acceptors (Lipinski definition) is 0. The van der Waals surface area contributed by atoms with E-state index in [2.05, 4.69) is 72.8 Å². The molecular formula is C24H18Cl2. The standard InChI is InChI=1S/C18H14.C6H4Cl2/c1-3-8-15(9-4-1)17-12-7-13-18(14-17)16-10-5-2-6-11-16;7-5-2-1-3-6(8)4-5/h1-14H;1-4H. The zero-order valence-electron chi connectivity index (χ0n) is 14.1. The molecule has 2 heteroatoms. The summed E-state index contributed by atoms with van der Waals surface area (Å²) in [6.07, 6.45) is 0. The second-order valence-electron chi connectivity index (χ2n) is 5.75. The second kappa shape index (κ2) is 9.24. The molecule has 4 rings (SSSR count). The lowest BCUT2D eigenvalue weighted by atomic mass is 9.99. The predicted octanol–water partition coefficient (Wildman–Crippen LogP) is 8.01. The summed E-state index contributed by atoms with van der Waals surface area (Å²) in [4.78, 5) is 0. The summed E-state index contributed by atoms with van der Waals surface area (Å²) in [6, 6.07) is 36.7. The predicted molar refractivity (Wildman–Crippen MR) is 114 cm³/mol. The van der Waals surface area contributed by atoms with Gasteiger partial charge in [-0.3, -0.25) is 0 Å². The minimum Gasteiger partial charge on any atom is -0.0843 e. The molecule has 0 saturated heterocycles. The Morgan fingerprint density at radius 1 is 0.346 bits per heavy atom. The Kier molecular flexibility index (Phi) is 6.49. The molecule has 0 amide bonds. The van der Waals surface area contributed by atoms with Crippen LogP contribution in [0.4, 0.5) is 0 Å². The average molecular weight is 377 g/mol. The Morgan fingerprint density at radius 3 is 1.12 bits per heavy atom. The molecule has 0 aliphatic rings. The van der Waals surface area contributed by atoms with Crippen molar-refractivity contribution in [2.75, 3.05) is 0 Å². The lowest BCUT2D eigenvalue weighted by Crippen LogP contribution is -1.80. The van der Waals surface area contributed by atoms with Crippen LogP contribution in [0.15, 0.2) is 109 Å². The highest BCUT2D eigenvalue weighted by Crippen LogP contribution is 2.25. The van der Waals surface area contributed by atoms with Crippen molar-refractivity contribution in [2.24, 2.45) is 0 Å². The van der Waals surface area contributed by atoms with Gasteiger partial charge in [-0.1, -0.05) is 108 Å². The molecule has 0 fully saturated rings. The van der Waals surface area contributed by atoms with E-state index in [9.17, 15) is 0 Å². The third-order valence-electron chi connectivity index (χ3n) is 3.86. The zero-order chi connectivity index (χ0) is 18.2. The van der Waals surface area contributed by atoms with Gasteiger partial charge in [0.1, 0.15) is 0 Å². The van der Waals surface area contributed by atoms with Crippen molar-refractivity contribution in [2.45, 2.75) is 0 Å². The van der Waals surface area contributed by atoms with Crippen molar-refractivity contribution < 1.29 is 0 Å². The molecule has 0 bridgehead atoms. The fraction of sp³-hybridized carbons (Fsp3) is 0. The summed E-state index contributed by atoms with van der Waals surface area (Å²) in [5.41, 5.74) is 5.04. The van der Waals surface area contributed by atoms with Gasteiger partial charge in [-0.25, -0.2) is 0 Å². The number of halogens is 2. The molecule has 0 aliphatic heterocycles. The van der Waals surface area contributed by atoms with E-state index in [4.69, 9.17) is 23.2 Å². The molecule has 0 heterocycles. The molecule has 4 aromatic carbocycles. The van der Waals surface area contributed by atoms with E-state index in [1.165, 1.54) is 22.3 Å². The molecule has 0 saturated carbocycles. The quantitative estimate of drug-likeness (QED) is 0.332. The van der Waals surface area contributed by atoms with Gasteiger partial charge in [-0.15, -0.1) is 0 Å². The Bertz CT molecular complexity index is 876. The molecule has 0 unspecified atom stereocenters. The molecule has 26 heavy (non-hydrogen) atoms. The first-order chi connectivity index (χ1) is 12.7. The van der Waals surface area contributed by atoms with E-state index in [0.717, 1.165) is 0 Å². The molecule has 0 atom stereocenters. The third kappa shape index (κ3) is 5.23. The van der Waals surface area contributed by atoms with Crippen LogP contribution < -0.4 is 0 Å². The zero-order valence-corrected chi connectivity index (χ0v) is 15.7. The number of hydrogen-bond donors (Lipinski definition) is 0. The monoisotopic (exact) mass is 376 g/mol. The largest absolute Gasteiger partial charge is 0.0843 e. The van der Waals surface area contributed by atoms with Gasteiger partial charge in [0.15, 0.2) is 0 Å². The van der Waals surface area contributed by atoms with Gasteiger partial charge in [-0.2, -0.15) is 0 Å². The SMILES string of the molecule is Clc1cccc(Cl)c1.c1ccc(-c2cccc(-c3ccccc3)c2)cc1. The third-order valence-corrected chi connectivity index (χ3v) is 4.33. The fourth-order valence-corrected chi connectivity index (χ4v) is 3.04. The first-order valence-corrected chi connectivity index (χ1v) is 9.10. The van der Waals surface area contributed by atoms with Crippen molar-refractivity contribution in [3.8, 4) is 22.3 Å². The van der Waals surface area contributed by atoms with Gasteiger partial charge in [-0.05, 0) is 46.5 Å². The highest BCUT2D eigenvalue weighted by atomic mass is 35.5. The highest BCUT2D eigenvalue weighted by molar-refractivity contribution is 6.34. The molecule has 0 aromatic heterocycles. The molecular weight excluding hydrogens is 359 g/mol. The molecule has 0 nitrogen and oxygen atoms in total. The Balaban J connectivity index is 0.000000206. The van der Waals surface area contributed by atoms with Crippen molar-refractivity contribution in [3.63, 3.8) is 0 Å². The molecule has 0 spiro atoms. The van der Waals surface area contributed by atoms with E-state index in [1.807, 2.05) is 18.2 Å². The second-order valence-corrected chi connectivity index (χ2v) is 6.63. The Hall–Kier alpha value is -2.54. The summed E-state index contributed by atoms with van der Waals surface area (Å²) >= 11 is 11.1. The maximum Gasteiger partial charge on any atom is 0.0420 e. The van der Waals surface area contributed by atoms with Crippen molar-refractivity contribution in [1.29, 1.82) is 0 Å². The Morgan fingerprint density at radius 2 is 0.731 bits per heavy atom. The van der Waals surface area contributed by atoms with Crippen molar-refractivity contribution in [1.82, 2.24) is 0 Å². The van der Waals surface area contributed by atoms with Crippen LogP contribution in [-0.2, 0) is 0 Å². The lowest BCUT2D eigenvalue weighted by molar-refractivity contribution is 1.59. The lowest BCUT2D eigenvalue weighted by Gasteiger charge is -2.05. The molecule has 0 N–H and O–H groups in total. The van der Waals surface area contributed by atoms with Gasteiger partial charge in [0.2, 0.25) is 0 Å². The van der Waals surface area contributed by atoms with Crippen LogP contribution in [0.25, 0.3) is 22.3 Å². The first kappa shape index (κ1) is 18.3. The maximum atomic E-state index is 5.56. The molecule has 128 valence electrons. The minimum atomic E-state index is 0.678. The van der Waals surface area contributed by atoms with Crippen LogP contribution in [0.5, 0.6) is 0 Å². The van der Waals surface area contributed by atoms with Crippen LogP contribution in [0, 0.1) is 0 Å². The van der Waals surface area contributed by atoms with Crippen molar-refractivity contribution in [3.05, 3.63) is 119 Å².